The molecule has 7 heteroatoms. The molecule has 0 aromatic carbocycles. The molecule has 0 spiro atoms. The van der Waals surface area contributed by atoms with Crippen LogP contribution < -0.4 is 51.4 Å². The minimum atomic E-state index is -4.59. The summed E-state index contributed by atoms with van der Waals surface area (Å²) in [4.78, 5) is 14.9. The molecule has 0 aromatic heterocycles. The van der Waals surface area contributed by atoms with E-state index in [2.05, 4.69) is 4.67 Å². The van der Waals surface area contributed by atoms with E-state index in [-0.39, 0.29) is 52.8 Å². The van der Waals surface area contributed by atoms with Gasteiger partial charge in [0.15, 0.2) is 0 Å². The fourth-order valence-electron chi connectivity index (χ4n) is 0. The van der Waals surface area contributed by atoms with Crippen LogP contribution in [0.15, 0.2) is 0 Å². The van der Waals surface area contributed by atoms with Crippen molar-refractivity contribution in [2.45, 2.75) is 0 Å². The maximum Gasteiger partial charge on any atom is 1.00 e. The van der Waals surface area contributed by atoms with Crippen LogP contribution in [0, 0.1) is 0 Å². The monoisotopic (exact) mass is 154 g/mol. The number of hydrogen-bond acceptors (Lipinski definition) is 3. The van der Waals surface area contributed by atoms with Crippen LogP contribution in [0.1, 0.15) is 1.43 Å². The van der Waals surface area contributed by atoms with Gasteiger partial charge in [0.2, 0.25) is 0 Å². The van der Waals surface area contributed by atoms with E-state index in [1.165, 1.54) is 0 Å². The molecule has 0 radical (unpaired) electrons. The molecule has 0 atom stereocenters. The fourth-order valence-corrected chi connectivity index (χ4v) is 0. The van der Waals surface area contributed by atoms with Crippen LogP contribution in [-0.4, -0.2) is 15.0 Å². The maximum absolute atomic E-state index is 9.22. The molecule has 0 saturated carbocycles. The molecule has 0 aromatic rings. The van der Waals surface area contributed by atoms with Crippen molar-refractivity contribution in [2.24, 2.45) is 0 Å². The summed E-state index contributed by atoms with van der Waals surface area (Å²) in [6, 6.07) is 0. The van der Waals surface area contributed by atoms with E-state index >= 15 is 0 Å². The van der Waals surface area contributed by atoms with Crippen LogP contribution >= 0.6 is 7.82 Å². The molecule has 0 aliphatic carbocycles. The summed E-state index contributed by atoms with van der Waals surface area (Å²) in [5, 5.41) is 7.14. The van der Waals surface area contributed by atoms with Crippen molar-refractivity contribution in [1.29, 1.82) is 0 Å². The Kier molecular flexibility index (Phi) is 7.51. The van der Waals surface area contributed by atoms with Gasteiger partial charge in [-0.25, -0.2) is 9.82 Å². The molecular formula is H4KO5P. The van der Waals surface area contributed by atoms with Crippen LogP contribution in [0.4, 0.5) is 0 Å². The third kappa shape index (κ3) is 11.3. The van der Waals surface area contributed by atoms with Crippen molar-refractivity contribution in [1.82, 2.24) is 0 Å². The third-order valence-electron chi connectivity index (χ3n) is 0.106. The Morgan fingerprint density at radius 1 is 1.57 bits per heavy atom. The number of hydrogen-bond donors (Lipinski definition) is 3. The molecule has 0 heterocycles. The normalized spacial score (nSPS) is 10.1. The van der Waals surface area contributed by atoms with E-state index in [0.717, 1.165) is 0 Å². The van der Waals surface area contributed by atoms with Crippen LogP contribution in [0.5, 0.6) is 0 Å². The second-order valence-corrected chi connectivity index (χ2v) is 1.72. The Morgan fingerprint density at radius 2 is 1.71 bits per heavy atom. The van der Waals surface area contributed by atoms with Gasteiger partial charge in [0.1, 0.15) is 0 Å². The molecule has 0 rings (SSSR count). The van der Waals surface area contributed by atoms with E-state index in [4.69, 9.17) is 15.0 Å². The first-order valence-electron chi connectivity index (χ1n) is 0.948. The van der Waals surface area contributed by atoms with Gasteiger partial charge in [0, 0.05) is 0 Å². The van der Waals surface area contributed by atoms with Gasteiger partial charge in [-0.15, -0.1) is 4.67 Å². The summed E-state index contributed by atoms with van der Waals surface area (Å²) in [6.07, 6.45) is 0. The molecule has 7 heavy (non-hydrogen) atoms. The summed E-state index contributed by atoms with van der Waals surface area (Å²) in [5.74, 6) is 0. The maximum atomic E-state index is 9.22. The van der Waals surface area contributed by atoms with Crippen molar-refractivity contribution in [3.63, 3.8) is 0 Å². The van der Waals surface area contributed by atoms with Crippen LogP contribution in [0.2, 0.25) is 0 Å². The van der Waals surface area contributed by atoms with E-state index < -0.39 is 7.82 Å². The van der Waals surface area contributed by atoms with Crippen molar-refractivity contribution >= 4 is 7.82 Å². The van der Waals surface area contributed by atoms with Crippen LogP contribution in [0.25, 0.3) is 0 Å². The molecule has 0 fully saturated rings. The topological polar surface area (TPSA) is 87.0 Å². The Bertz CT molecular complexity index is 76.5. The van der Waals surface area contributed by atoms with Gasteiger partial charge < -0.3 is 11.2 Å². The Hall–Kier alpha value is 1.71. The smallest absolute Gasteiger partial charge is 1.00 e. The molecule has 5 nitrogen and oxygen atoms in total. The fraction of sp³-hybridized carbons (Fsp3) is 0. The van der Waals surface area contributed by atoms with E-state index in [9.17, 15) is 4.57 Å². The van der Waals surface area contributed by atoms with Gasteiger partial charge in [0.25, 0.3) is 0 Å². The molecular weight excluding hydrogens is 150 g/mol. The predicted molar refractivity (Wildman–Crippen MR) is 16.9 cm³/mol. The van der Waals surface area contributed by atoms with E-state index in [0.29, 0.717) is 0 Å². The molecule has 0 saturated heterocycles. The molecule has 0 aliphatic heterocycles. The second-order valence-electron chi connectivity index (χ2n) is 0.572. The molecule has 3 N–H and O–H groups in total. The first-order chi connectivity index (χ1) is 2.56. The standard InChI is InChI=1S/K.H3O5P.H/c;1-5-6(2,3)4;/h;1H,(H2,2,3,4);/q+1;;-1. The Labute approximate surface area is 83.8 Å². The van der Waals surface area contributed by atoms with Crippen molar-refractivity contribution in [2.75, 3.05) is 0 Å². The van der Waals surface area contributed by atoms with Crippen molar-refractivity contribution in [3.05, 3.63) is 0 Å². The zero-order valence-electron chi connectivity index (χ0n) is 4.61. The van der Waals surface area contributed by atoms with Gasteiger partial charge in [0.05, 0.1) is 0 Å². The minimum absolute atomic E-state index is 0. The summed E-state index contributed by atoms with van der Waals surface area (Å²) >= 11 is 0. The first kappa shape index (κ1) is 11.5. The van der Waals surface area contributed by atoms with Gasteiger partial charge >= 0.3 is 59.2 Å². The quantitative estimate of drug-likeness (QED) is 0.159. The molecule has 0 unspecified atom stereocenters. The molecule has 0 aliphatic rings. The van der Waals surface area contributed by atoms with Gasteiger partial charge in [-0.05, 0) is 0 Å². The van der Waals surface area contributed by atoms with Crippen LogP contribution in [-0.2, 0) is 9.24 Å². The zero-order chi connectivity index (χ0) is 5.21. The predicted octanol–water partition coefficient (Wildman–Crippen LogP) is -3.31. The number of phosphoric acid groups is 1. The van der Waals surface area contributed by atoms with Crippen LogP contribution in [0.3, 0.4) is 0 Å². The third-order valence-corrected chi connectivity index (χ3v) is 0.319. The second kappa shape index (κ2) is 4.57. The van der Waals surface area contributed by atoms with E-state index in [1.54, 1.807) is 0 Å². The Morgan fingerprint density at radius 3 is 1.71 bits per heavy atom. The molecule has 0 amide bonds. The largest absolute Gasteiger partial charge is 1.00 e. The summed E-state index contributed by atoms with van der Waals surface area (Å²) in [7, 11) is -4.59. The van der Waals surface area contributed by atoms with Crippen molar-refractivity contribution in [3.8, 4) is 0 Å². The van der Waals surface area contributed by atoms with Crippen molar-refractivity contribution < 1.29 is 77.1 Å². The Balaban J connectivity index is -0.000000125. The van der Waals surface area contributed by atoms with E-state index in [1.807, 2.05) is 0 Å². The summed E-state index contributed by atoms with van der Waals surface area (Å²) in [5.41, 5.74) is 0. The summed E-state index contributed by atoms with van der Waals surface area (Å²) in [6.45, 7) is 0. The molecule has 40 valence electrons. The average Bonchev–Trinajstić information content (AvgIpc) is 1.35. The zero-order valence-corrected chi connectivity index (χ0v) is 7.62. The summed E-state index contributed by atoms with van der Waals surface area (Å²) < 4.78 is 11.8. The minimum Gasteiger partial charge on any atom is -1.00 e. The SMILES string of the molecule is O=P(O)(O)OO.[H-].[K+]. The van der Waals surface area contributed by atoms with Gasteiger partial charge in [-0.2, -0.15) is 0 Å². The van der Waals surface area contributed by atoms with Gasteiger partial charge in [-0.1, -0.05) is 0 Å². The average molecular weight is 154 g/mol. The molecule has 0 bridgehead atoms. The first-order valence-corrected chi connectivity index (χ1v) is 2.48. The number of rotatable bonds is 1. The van der Waals surface area contributed by atoms with Gasteiger partial charge in [-0.3, -0.25) is 0 Å².